The first-order valence-corrected chi connectivity index (χ1v) is 11.1. The third kappa shape index (κ3) is 2.80. The highest BCUT2D eigenvalue weighted by Gasteiger charge is 2.38. The third-order valence-corrected chi connectivity index (χ3v) is 6.95. The Morgan fingerprint density at radius 3 is 2.03 bits per heavy atom. The molecule has 0 aromatic heterocycles. The van der Waals surface area contributed by atoms with E-state index in [1.165, 1.54) is 42.8 Å². The van der Waals surface area contributed by atoms with Crippen molar-refractivity contribution in [3.63, 3.8) is 0 Å². The van der Waals surface area contributed by atoms with Gasteiger partial charge in [0.1, 0.15) is 0 Å². The standard InChI is InChI=1S/C28H23NO2/c30-27-25-9-3-4-10-26(25)28(31)29(27)17-16-19-7-5-11-22-21(19)14-15-23-20-8-2-1-6-18(20)12-13-24(22)23/h1-2,5-8,11-15H,3-4,9-10,16-17H2. The molecule has 6 rings (SSSR count). The second kappa shape index (κ2) is 7.05. The zero-order valence-corrected chi connectivity index (χ0v) is 17.4. The van der Waals surface area contributed by atoms with E-state index in [2.05, 4.69) is 66.7 Å². The summed E-state index contributed by atoms with van der Waals surface area (Å²) in [6, 6.07) is 23.6. The van der Waals surface area contributed by atoms with Gasteiger partial charge in [0.25, 0.3) is 11.8 Å². The van der Waals surface area contributed by atoms with Crippen LogP contribution >= 0.6 is 0 Å². The summed E-state index contributed by atoms with van der Waals surface area (Å²) in [5.74, 6) is -0.117. The van der Waals surface area contributed by atoms with Crippen molar-refractivity contribution in [1.29, 1.82) is 0 Å². The second-order valence-corrected chi connectivity index (χ2v) is 8.64. The third-order valence-electron chi connectivity index (χ3n) is 6.95. The average molecular weight is 405 g/mol. The van der Waals surface area contributed by atoms with Crippen LogP contribution in [-0.2, 0) is 16.0 Å². The molecule has 31 heavy (non-hydrogen) atoms. The minimum atomic E-state index is -0.0585. The highest BCUT2D eigenvalue weighted by molar-refractivity contribution is 6.20. The van der Waals surface area contributed by atoms with Crippen molar-refractivity contribution in [3.05, 3.63) is 83.4 Å². The Kier molecular flexibility index (Phi) is 4.17. The number of benzene rings is 4. The molecular formula is C28H23NO2. The van der Waals surface area contributed by atoms with Gasteiger partial charge in [-0.25, -0.2) is 0 Å². The molecule has 0 bridgehead atoms. The first-order valence-electron chi connectivity index (χ1n) is 11.1. The fourth-order valence-corrected chi connectivity index (χ4v) is 5.37. The van der Waals surface area contributed by atoms with Gasteiger partial charge in [0.05, 0.1) is 0 Å². The number of imide groups is 1. The predicted molar refractivity (Wildman–Crippen MR) is 125 cm³/mol. The van der Waals surface area contributed by atoms with E-state index < -0.39 is 0 Å². The number of carbonyl (C=O) groups is 2. The summed E-state index contributed by atoms with van der Waals surface area (Å²) < 4.78 is 0. The molecule has 152 valence electrons. The Morgan fingerprint density at radius 2 is 1.23 bits per heavy atom. The first kappa shape index (κ1) is 18.3. The van der Waals surface area contributed by atoms with Gasteiger partial charge < -0.3 is 0 Å². The summed E-state index contributed by atoms with van der Waals surface area (Å²) in [6.45, 7) is 0.444. The Balaban J connectivity index is 1.36. The van der Waals surface area contributed by atoms with Crippen LogP contribution < -0.4 is 0 Å². The van der Waals surface area contributed by atoms with Gasteiger partial charge in [0.15, 0.2) is 0 Å². The van der Waals surface area contributed by atoms with Gasteiger partial charge in [0, 0.05) is 17.7 Å². The fourth-order valence-electron chi connectivity index (χ4n) is 5.37. The molecule has 0 saturated carbocycles. The van der Waals surface area contributed by atoms with Crippen LogP contribution in [0.2, 0.25) is 0 Å². The molecule has 0 saturated heterocycles. The van der Waals surface area contributed by atoms with Crippen molar-refractivity contribution in [2.45, 2.75) is 32.1 Å². The first-order chi connectivity index (χ1) is 15.2. The molecule has 1 aliphatic heterocycles. The van der Waals surface area contributed by atoms with Crippen LogP contribution in [0.1, 0.15) is 31.2 Å². The number of hydrogen-bond acceptors (Lipinski definition) is 2. The van der Waals surface area contributed by atoms with Crippen LogP contribution in [-0.4, -0.2) is 23.3 Å². The number of fused-ring (bicyclic) bond motifs is 5. The number of rotatable bonds is 3. The van der Waals surface area contributed by atoms with Crippen LogP contribution in [0.4, 0.5) is 0 Å². The molecule has 0 spiro atoms. The summed E-state index contributed by atoms with van der Waals surface area (Å²) in [5, 5.41) is 7.41. The summed E-state index contributed by atoms with van der Waals surface area (Å²) in [4.78, 5) is 27.0. The van der Waals surface area contributed by atoms with E-state index in [1.54, 1.807) is 0 Å². The molecule has 0 radical (unpaired) electrons. The van der Waals surface area contributed by atoms with Gasteiger partial charge in [-0.3, -0.25) is 14.5 Å². The van der Waals surface area contributed by atoms with E-state index in [9.17, 15) is 9.59 Å². The predicted octanol–water partition coefficient (Wildman–Crippen LogP) is 5.93. The summed E-state index contributed by atoms with van der Waals surface area (Å²) in [7, 11) is 0. The van der Waals surface area contributed by atoms with Crippen molar-refractivity contribution in [1.82, 2.24) is 4.90 Å². The summed E-state index contributed by atoms with van der Waals surface area (Å²) >= 11 is 0. The highest BCUT2D eigenvalue weighted by atomic mass is 16.2. The van der Waals surface area contributed by atoms with Gasteiger partial charge >= 0.3 is 0 Å². The van der Waals surface area contributed by atoms with Crippen LogP contribution in [0.15, 0.2) is 77.9 Å². The summed E-state index contributed by atoms with van der Waals surface area (Å²) in [6.07, 6.45) is 4.21. The van der Waals surface area contributed by atoms with Gasteiger partial charge in [-0.05, 0) is 70.0 Å². The van der Waals surface area contributed by atoms with E-state index in [4.69, 9.17) is 0 Å². The number of amides is 2. The Morgan fingerprint density at radius 1 is 0.613 bits per heavy atom. The van der Waals surface area contributed by atoms with Crippen LogP contribution in [0, 0.1) is 0 Å². The molecule has 1 aliphatic carbocycles. The van der Waals surface area contributed by atoms with Crippen molar-refractivity contribution >= 4 is 44.1 Å². The molecule has 0 N–H and O–H groups in total. The molecule has 4 aromatic rings. The van der Waals surface area contributed by atoms with Crippen LogP contribution in [0.5, 0.6) is 0 Å². The van der Waals surface area contributed by atoms with Gasteiger partial charge in [-0.15, -0.1) is 0 Å². The quantitative estimate of drug-likeness (QED) is 0.313. The highest BCUT2D eigenvalue weighted by Crippen LogP contribution is 2.35. The van der Waals surface area contributed by atoms with Crippen molar-refractivity contribution < 1.29 is 9.59 Å². The molecule has 4 aromatic carbocycles. The second-order valence-electron chi connectivity index (χ2n) is 8.64. The minimum absolute atomic E-state index is 0.0585. The molecule has 2 aliphatic rings. The molecule has 3 heteroatoms. The average Bonchev–Trinajstić information content (AvgIpc) is 3.07. The van der Waals surface area contributed by atoms with Gasteiger partial charge in [0.2, 0.25) is 0 Å². The lowest BCUT2D eigenvalue weighted by atomic mass is 9.93. The maximum absolute atomic E-state index is 12.8. The van der Waals surface area contributed by atoms with E-state index in [0.717, 1.165) is 36.8 Å². The lowest BCUT2D eigenvalue weighted by Gasteiger charge is -2.16. The molecule has 1 heterocycles. The Labute approximate surface area is 181 Å². The molecule has 0 fully saturated rings. The lowest BCUT2D eigenvalue weighted by molar-refractivity contribution is -0.137. The maximum atomic E-state index is 12.8. The number of hydrogen-bond donors (Lipinski definition) is 0. The smallest absolute Gasteiger partial charge is 0.257 e. The van der Waals surface area contributed by atoms with Gasteiger partial charge in [-0.2, -0.15) is 0 Å². The van der Waals surface area contributed by atoms with Crippen molar-refractivity contribution in [2.75, 3.05) is 6.54 Å². The topological polar surface area (TPSA) is 37.4 Å². The monoisotopic (exact) mass is 405 g/mol. The van der Waals surface area contributed by atoms with E-state index in [1.807, 2.05) is 0 Å². The van der Waals surface area contributed by atoms with Crippen molar-refractivity contribution in [2.24, 2.45) is 0 Å². The molecule has 3 nitrogen and oxygen atoms in total. The van der Waals surface area contributed by atoms with Crippen molar-refractivity contribution in [3.8, 4) is 0 Å². The maximum Gasteiger partial charge on any atom is 0.257 e. The lowest BCUT2D eigenvalue weighted by Crippen LogP contribution is -2.33. The number of carbonyl (C=O) groups excluding carboxylic acids is 2. The Bertz CT molecular complexity index is 1400. The largest absolute Gasteiger partial charge is 0.275 e. The Hall–Kier alpha value is -3.46. The van der Waals surface area contributed by atoms with E-state index >= 15 is 0 Å². The normalized spacial score (nSPS) is 16.7. The number of nitrogens with zero attached hydrogens (tertiary/aromatic N) is 1. The molecule has 0 atom stereocenters. The van der Waals surface area contributed by atoms with Gasteiger partial charge in [-0.1, -0.05) is 66.7 Å². The zero-order chi connectivity index (χ0) is 20.9. The molecule has 0 unspecified atom stereocenters. The zero-order valence-electron chi connectivity index (χ0n) is 17.4. The van der Waals surface area contributed by atoms with Crippen LogP contribution in [0.25, 0.3) is 32.3 Å². The van der Waals surface area contributed by atoms with Crippen LogP contribution in [0.3, 0.4) is 0 Å². The molecule has 2 amide bonds. The fraction of sp³-hybridized carbons (Fsp3) is 0.214. The van der Waals surface area contributed by atoms with E-state index in [-0.39, 0.29) is 11.8 Å². The molecular weight excluding hydrogens is 382 g/mol. The SMILES string of the molecule is O=C1C2=C(CCCC2)C(=O)N1CCc1cccc2c1ccc1c3ccccc3ccc21. The van der Waals surface area contributed by atoms with E-state index in [0.29, 0.717) is 13.0 Å². The summed E-state index contributed by atoms with van der Waals surface area (Å²) in [5.41, 5.74) is 2.72. The minimum Gasteiger partial charge on any atom is -0.275 e.